The van der Waals surface area contributed by atoms with Gasteiger partial charge in [0, 0.05) is 34.7 Å². The van der Waals surface area contributed by atoms with Crippen LogP contribution in [0.3, 0.4) is 0 Å². The van der Waals surface area contributed by atoms with E-state index in [4.69, 9.17) is 23.2 Å². The monoisotopic (exact) mass is 514 g/mol. The van der Waals surface area contributed by atoms with Gasteiger partial charge in [-0.05, 0) is 52.6 Å². The van der Waals surface area contributed by atoms with Crippen LogP contribution in [-0.2, 0) is 13.0 Å². The number of amides is 2. The molecule has 1 aliphatic rings. The highest BCUT2D eigenvalue weighted by Gasteiger charge is 2.29. The molecule has 3 aromatic rings. The van der Waals surface area contributed by atoms with E-state index in [9.17, 15) is 4.79 Å². The lowest BCUT2D eigenvalue weighted by Gasteiger charge is -2.37. The third-order valence-corrected chi connectivity index (χ3v) is 6.64. The minimum absolute atomic E-state index is 0.0645. The summed E-state index contributed by atoms with van der Waals surface area (Å²) < 4.78 is 0.968. The van der Waals surface area contributed by atoms with Crippen LogP contribution >= 0.6 is 39.1 Å². The minimum atomic E-state index is -0.0645. The van der Waals surface area contributed by atoms with Gasteiger partial charge < -0.3 is 4.90 Å². The normalized spacial score (nSPS) is 14.3. The fraction of sp³-hybridized carbons (Fsp3) is 0.160. The number of carbonyl (C=O) groups excluding carboxylic acids is 1. The molecule has 0 unspecified atom stereocenters. The van der Waals surface area contributed by atoms with Gasteiger partial charge in [-0.2, -0.15) is 0 Å². The fourth-order valence-electron chi connectivity index (χ4n) is 3.73. The van der Waals surface area contributed by atoms with Gasteiger partial charge in [0.15, 0.2) is 0 Å². The van der Waals surface area contributed by atoms with E-state index >= 15 is 0 Å². The number of hydrogen-bond acceptors (Lipinski definition) is 1. The van der Waals surface area contributed by atoms with E-state index in [0.29, 0.717) is 36.1 Å². The Kier molecular flexibility index (Phi) is 6.71. The summed E-state index contributed by atoms with van der Waals surface area (Å²) in [5, 5.41) is 1.24. The first kappa shape index (κ1) is 21.9. The molecule has 0 radical (unpaired) electrons. The van der Waals surface area contributed by atoms with Gasteiger partial charge in [0.05, 0.1) is 11.6 Å². The molecule has 0 N–H and O–H groups in total. The molecule has 0 saturated carbocycles. The average Bonchev–Trinajstić information content (AvgIpc) is 2.77. The number of anilines is 1. The standard InChI is InChI=1S/C25H21BrCl2N2O/c1-17-14-29(25(31)30(15-17)21-10-8-20(26)9-11-21)16-19-7-12-23(27)22(24(19)28)13-18-5-3-2-4-6-18/h2-12H,1,13-16H2. The van der Waals surface area contributed by atoms with Crippen LogP contribution in [0.1, 0.15) is 16.7 Å². The number of rotatable bonds is 5. The molecule has 0 aliphatic carbocycles. The predicted molar refractivity (Wildman–Crippen MR) is 132 cm³/mol. The molecule has 6 heteroatoms. The van der Waals surface area contributed by atoms with Crippen LogP contribution in [0, 0.1) is 0 Å². The summed E-state index contributed by atoms with van der Waals surface area (Å²) in [6, 6.07) is 21.5. The summed E-state index contributed by atoms with van der Waals surface area (Å²) in [4.78, 5) is 16.8. The second-order valence-corrected chi connectivity index (χ2v) is 9.31. The zero-order chi connectivity index (χ0) is 22.0. The first-order valence-electron chi connectivity index (χ1n) is 9.90. The maximum atomic E-state index is 13.2. The van der Waals surface area contributed by atoms with Gasteiger partial charge in [0.25, 0.3) is 0 Å². The summed E-state index contributed by atoms with van der Waals surface area (Å²) in [5.41, 5.74) is 4.69. The lowest BCUT2D eigenvalue weighted by Crippen LogP contribution is -2.50. The molecule has 158 valence electrons. The van der Waals surface area contributed by atoms with Gasteiger partial charge in [0.2, 0.25) is 0 Å². The SMILES string of the molecule is C=C1CN(Cc2ccc(Cl)c(Cc3ccccc3)c2Cl)C(=O)N(c2ccc(Br)cc2)C1. The van der Waals surface area contributed by atoms with Gasteiger partial charge in [-0.3, -0.25) is 4.90 Å². The smallest absolute Gasteiger partial charge is 0.316 e. The number of carbonyl (C=O) groups is 1. The number of hydrogen-bond donors (Lipinski definition) is 0. The van der Waals surface area contributed by atoms with Gasteiger partial charge in [-0.15, -0.1) is 0 Å². The summed E-state index contributed by atoms with van der Waals surface area (Å²) >= 11 is 16.7. The van der Waals surface area contributed by atoms with Crippen molar-refractivity contribution in [2.24, 2.45) is 0 Å². The van der Waals surface area contributed by atoms with Crippen LogP contribution in [0.15, 0.2) is 83.4 Å². The molecular formula is C25H21BrCl2N2O. The van der Waals surface area contributed by atoms with Gasteiger partial charge in [-0.25, -0.2) is 4.79 Å². The quantitative estimate of drug-likeness (QED) is 0.326. The van der Waals surface area contributed by atoms with Crippen LogP contribution in [-0.4, -0.2) is 24.0 Å². The van der Waals surface area contributed by atoms with Crippen molar-refractivity contribution < 1.29 is 4.79 Å². The summed E-state index contributed by atoms with van der Waals surface area (Å²) in [5.74, 6) is 0. The van der Waals surface area contributed by atoms with Crippen molar-refractivity contribution in [2.45, 2.75) is 13.0 Å². The summed E-state index contributed by atoms with van der Waals surface area (Å²) in [6.45, 7) is 5.54. The molecule has 0 aromatic heterocycles. The Morgan fingerprint density at radius 1 is 0.935 bits per heavy atom. The van der Waals surface area contributed by atoms with Gasteiger partial charge in [0.1, 0.15) is 0 Å². The molecule has 4 rings (SSSR count). The summed E-state index contributed by atoms with van der Waals surface area (Å²) in [6.07, 6.45) is 0.637. The third-order valence-electron chi connectivity index (χ3n) is 5.29. The van der Waals surface area contributed by atoms with E-state index in [-0.39, 0.29) is 6.03 Å². The van der Waals surface area contributed by atoms with Crippen molar-refractivity contribution >= 4 is 50.9 Å². The fourth-order valence-corrected chi connectivity index (χ4v) is 4.56. The Morgan fingerprint density at radius 3 is 2.35 bits per heavy atom. The highest BCUT2D eigenvalue weighted by Crippen LogP contribution is 2.32. The van der Waals surface area contributed by atoms with Crippen LogP contribution in [0.4, 0.5) is 10.5 Å². The van der Waals surface area contributed by atoms with Gasteiger partial charge in [-0.1, -0.05) is 82.1 Å². The average molecular weight is 516 g/mol. The second-order valence-electron chi connectivity index (χ2n) is 7.61. The molecular weight excluding hydrogens is 495 g/mol. The van der Waals surface area contributed by atoms with E-state index in [1.807, 2.05) is 66.7 Å². The number of halogens is 3. The van der Waals surface area contributed by atoms with Crippen molar-refractivity contribution in [2.75, 3.05) is 18.0 Å². The molecule has 0 spiro atoms. The molecule has 0 bridgehead atoms. The molecule has 3 nitrogen and oxygen atoms in total. The van der Waals surface area contributed by atoms with Crippen molar-refractivity contribution in [3.8, 4) is 0 Å². The first-order chi connectivity index (χ1) is 14.9. The van der Waals surface area contributed by atoms with E-state index in [2.05, 4.69) is 22.5 Å². The number of benzene rings is 3. The molecule has 1 fully saturated rings. The predicted octanol–water partition coefficient (Wildman–Crippen LogP) is 7.35. The van der Waals surface area contributed by atoms with Crippen LogP contribution in [0.5, 0.6) is 0 Å². The third kappa shape index (κ3) is 4.98. The van der Waals surface area contributed by atoms with E-state index in [1.165, 1.54) is 0 Å². The largest absolute Gasteiger partial charge is 0.325 e. The van der Waals surface area contributed by atoms with Crippen molar-refractivity contribution in [1.29, 1.82) is 0 Å². The van der Waals surface area contributed by atoms with Crippen molar-refractivity contribution in [3.63, 3.8) is 0 Å². The van der Waals surface area contributed by atoms with Crippen molar-refractivity contribution in [1.82, 2.24) is 4.90 Å². The number of nitrogens with zero attached hydrogens (tertiary/aromatic N) is 2. The molecule has 31 heavy (non-hydrogen) atoms. The Bertz CT molecular complexity index is 1120. The Morgan fingerprint density at radius 2 is 1.65 bits per heavy atom. The minimum Gasteiger partial charge on any atom is -0.316 e. The van der Waals surface area contributed by atoms with E-state index in [1.54, 1.807) is 9.80 Å². The van der Waals surface area contributed by atoms with Gasteiger partial charge >= 0.3 is 6.03 Å². The van der Waals surface area contributed by atoms with E-state index < -0.39 is 0 Å². The highest BCUT2D eigenvalue weighted by atomic mass is 79.9. The maximum Gasteiger partial charge on any atom is 0.325 e. The molecule has 1 heterocycles. The lowest BCUT2D eigenvalue weighted by atomic mass is 10.0. The molecule has 2 amide bonds. The van der Waals surface area contributed by atoms with Crippen molar-refractivity contribution in [3.05, 3.63) is 110 Å². The van der Waals surface area contributed by atoms with Crippen LogP contribution in [0.25, 0.3) is 0 Å². The second kappa shape index (κ2) is 9.47. The highest BCUT2D eigenvalue weighted by molar-refractivity contribution is 9.10. The maximum absolute atomic E-state index is 13.2. The molecule has 1 saturated heterocycles. The summed E-state index contributed by atoms with van der Waals surface area (Å²) in [7, 11) is 0. The van der Waals surface area contributed by atoms with E-state index in [0.717, 1.165) is 32.4 Å². The zero-order valence-electron chi connectivity index (χ0n) is 16.8. The van der Waals surface area contributed by atoms with Crippen LogP contribution < -0.4 is 4.90 Å². The zero-order valence-corrected chi connectivity index (χ0v) is 19.9. The molecule has 1 aliphatic heterocycles. The first-order valence-corrected chi connectivity index (χ1v) is 11.5. The topological polar surface area (TPSA) is 23.6 Å². The Labute approximate surface area is 201 Å². The Balaban J connectivity index is 1.59. The molecule has 0 atom stereocenters. The van der Waals surface area contributed by atoms with Crippen LogP contribution in [0.2, 0.25) is 10.0 Å². The lowest BCUT2D eigenvalue weighted by molar-refractivity contribution is 0.201. The number of urea groups is 1. The Hall–Kier alpha value is -2.27. The molecule has 3 aromatic carbocycles.